The van der Waals surface area contributed by atoms with Crippen LogP contribution in [0.15, 0.2) is 87.8 Å². The van der Waals surface area contributed by atoms with Gasteiger partial charge in [-0.05, 0) is 73.2 Å². The number of carboxylic acid groups (broad SMARTS) is 1. The van der Waals surface area contributed by atoms with Crippen molar-refractivity contribution in [3.8, 4) is 5.75 Å². The average molecular weight is 950 g/mol. The number of amides is 6. The molecule has 4 rings (SSSR count). The van der Waals surface area contributed by atoms with Crippen LogP contribution in [0.4, 0.5) is 5.69 Å². The molecule has 1 saturated heterocycles. The molecule has 1 aliphatic heterocycles. The number of anilines is 1. The standard InChI is InChI=1S/C43H55N11O12S/c1-25(2)37-42(62)52-32(41(61)51-33(22-36(56)57)39(59)48-24-35(55)50-31(40(60)53-37)8-5-18-47-43(44)45)21-26-10-16-30(17-11-26)66-20-6-19-46-38(58)27-12-14-29(15-13-27)54-49-23-28-7-3-4-9-34(28)67(63,64)65/h3-4,7,9-17,23,25,31-33,37,54H,5-6,8,18-22,24H2,1-2H3,(H,46,58)(H,48,59)(H,50,55)(H,51,61)(H,52,62)(H,53,60)(H,56,57)(H4,44,45,47)(H,63,64,65)/t31?,32-,33?,37-/m1/s1. The zero-order valence-corrected chi connectivity index (χ0v) is 37.5. The molecule has 2 unspecified atom stereocenters. The number of aliphatic carboxylic acids is 1. The number of guanidine groups is 1. The SMILES string of the molecule is CC(C)[C@H]1NC(=O)C(CCCN=C(N)N)NC(=O)CNC(=O)C(CC(=O)O)NC(=O)[C@@H](Cc2ccc(OCCCNC(=O)c3ccc(NN=Cc4ccccc4S(=O)(=O)O)cc3)cc2)NC1=O. The highest BCUT2D eigenvalue weighted by Gasteiger charge is 2.34. The Bertz CT molecular complexity index is 2410. The van der Waals surface area contributed by atoms with E-state index >= 15 is 0 Å². The highest BCUT2D eigenvalue weighted by molar-refractivity contribution is 7.86. The second-order valence-corrected chi connectivity index (χ2v) is 16.9. The quantitative estimate of drug-likeness (QED) is 0.0234. The number of carboxylic acids is 1. The number of nitrogens with two attached hydrogens (primary N) is 2. The van der Waals surface area contributed by atoms with Gasteiger partial charge in [0.05, 0.1) is 31.5 Å². The van der Waals surface area contributed by atoms with Crippen molar-refractivity contribution in [3.63, 3.8) is 0 Å². The van der Waals surface area contributed by atoms with E-state index in [-0.39, 0.29) is 61.3 Å². The maximum atomic E-state index is 13.8. The number of hydrazone groups is 1. The Morgan fingerprint density at radius 3 is 2.18 bits per heavy atom. The van der Waals surface area contributed by atoms with Gasteiger partial charge >= 0.3 is 5.97 Å². The Labute approximate surface area is 386 Å². The number of benzene rings is 3. The molecule has 1 fully saturated rings. The van der Waals surface area contributed by atoms with Gasteiger partial charge in [-0.3, -0.25) is 48.5 Å². The minimum atomic E-state index is -4.44. The zero-order valence-electron chi connectivity index (χ0n) is 36.7. The summed E-state index contributed by atoms with van der Waals surface area (Å²) in [5.74, 6) is -6.14. The number of nitrogens with zero attached hydrogens (tertiary/aromatic N) is 2. The number of nitrogens with one attached hydrogen (secondary N) is 7. The van der Waals surface area contributed by atoms with E-state index in [0.29, 0.717) is 29.0 Å². The van der Waals surface area contributed by atoms with E-state index in [0.717, 1.165) is 0 Å². The number of rotatable bonds is 19. The van der Waals surface area contributed by atoms with E-state index in [1.54, 1.807) is 68.4 Å². The fraction of sp³-hybridized carbons (Fsp3) is 0.372. The molecule has 0 saturated carbocycles. The van der Waals surface area contributed by atoms with Gasteiger partial charge in [-0.1, -0.05) is 44.2 Å². The van der Waals surface area contributed by atoms with Gasteiger partial charge in [0.1, 0.15) is 34.8 Å². The van der Waals surface area contributed by atoms with Gasteiger partial charge in [0.25, 0.3) is 16.0 Å². The summed E-state index contributed by atoms with van der Waals surface area (Å²) < 4.78 is 38.4. The van der Waals surface area contributed by atoms with E-state index in [1.165, 1.54) is 24.4 Å². The molecule has 1 aliphatic rings. The van der Waals surface area contributed by atoms with Crippen LogP contribution in [-0.4, -0.2) is 122 Å². The van der Waals surface area contributed by atoms with Crippen LogP contribution in [-0.2, 0) is 45.3 Å². The molecule has 23 nitrogen and oxygen atoms in total. The molecule has 67 heavy (non-hydrogen) atoms. The van der Waals surface area contributed by atoms with Crippen molar-refractivity contribution in [1.29, 1.82) is 0 Å². The molecular weight excluding hydrogens is 895 g/mol. The predicted molar refractivity (Wildman–Crippen MR) is 244 cm³/mol. The lowest BCUT2D eigenvalue weighted by Crippen LogP contribution is -2.59. The first-order valence-electron chi connectivity index (χ1n) is 21.0. The minimum absolute atomic E-state index is 0.0494. The summed E-state index contributed by atoms with van der Waals surface area (Å²) in [6.07, 6.45) is 1.00. The third kappa shape index (κ3) is 17.4. The number of carbonyl (C=O) groups is 7. The van der Waals surface area contributed by atoms with Gasteiger partial charge in [0.2, 0.25) is 29.5 Å². The molecule has 13 N–H and O–H groups in total. The predicted octanol–water partition coefficient (Wildman–Crippen LogP) is -0.626. The summed E-state index contributed by atoms with van der Waals surface area (Å²) >= 11 is 0. The Kier molecular flexibility index (Phi) is 19.6. The van der Waals surface area contributed by atoms with Crippen LogP contribution in [0.5, 0.6) is 5.75 Å². The number of hydrogen-bond acceptors (Lipinski definition) is 13. The molecule has 0 spiro atoms. The van der Waals surface area contributed by atoms with Crippen molar-refractivity contribution in [2.45, 2.75) is 75.0 Å². The lowest BCUT2D eigenvalue weighted by Gasteiger charge is -2.27. The van der Waals surface area contributed by atoms with Crippen molar-refractivity contribution in [1.82, 2.24) is 31.9 Å². The fourth-order valence-electron chi connectivity index (χ4n) is 6.44. The number of hydrogen-bond donors (Lipinski definition) is 11. The highest BCUT2D eigenvalue weighted by Crippen LogP contribution is 2.17. The Morgan fingerprint density at radius 1 is 0.851 bits per heavy atom. The van der Waals surface area contributed by atoms with Crippen molar-refractivity contribution in [2.75, 3.05) is 31.7 Å². The van der Waals surface area contributed by atoms with Gasteiger partial charge in [0.15, 0.2) is 5.96 Å². The third-order valence-electron chi connectivity index (χ3n) is 9.89. The van der Waals surface area contributed by atoms with Crippen LogP contribution in [0, 0.1) is 5.92 Å². The molecule has 0 aromatic heterocycles. The fourth-order valence-corrected chi connectivity index (χ4v) is 7.11. The monoisotopic (exact) mass is 949 g/mol. The first-order chi connectivity index (χ1) is 31.8. The van der Waals surface area contributed by atoms with Gasteiger partial charge in [-0.15, -0.1) is 0 Å². The second kappa shape index (κ2) is 25.2. The molecule has 3 aromatic rings. The van der Waals surface area contributed by atoms with Crippen molar-refractivity contribution in [3.05, 3.63) is 89.5 Å². The molecular formula is C43H55N11O12S. The lowest BCUT2D eigenvalue weighted by atomic mass is 9.99. The van der Waals surface area contributed by atoms with Gasteiger partial charge in [0, 0.05) is 30.6 Å². The number of carbonyl (C=O) groups excluding carboxylic acids is 6. The van der Waals surface area contributed by atoms with Crippen LogP contribution in [0.3, 0.4) is 0 Å². The van der Waals surface area contributed by atoms with Gasteiger partial charge < -0.3 is 53.2 Å². The van der Waals surface area contributed by atoms with E-state index in [1.807, 2.05) is 0 Å². The largest absolute Gasteiger partial charge is 0.494 e. The second-order valence-electron chi connectivity index (χ2n) is 15.5. The smallest absolute Gasteiger partial charge is 0.305 e. The lowest BCUT2D eigenvalue weighted by molar-refractivity contribution is -0.141. The zero-order chi connectivity index (χ0) is 49.1. The van der Waals surface area contributed by atoms with Crippen LogP contribution in [0.1, 0.15) is 61.0 Å². The van der Waals surface area contributed by atoms with Crippen LogP contribution in [0.2, 0.25) is 0 Å². The third-order valence-corrected chi connectivity index (χ3v) is 10.8. The van der Waals surface area contributed by atoms with Crippen LogP contribution in [0.25, 0.3) is 0 Å². The summed E-state index contributed by atoms with van der Waals surface area (Å²) in [5.41, 5.74) is 15.1. The topological polar surface area (TPSA) is 364 Å². The summed E-state index contributed by atoms with van der Waals surface area (Å²) in [5, 5.41) is 28.8. The minimum Gasteiger partial charge on any atom is -0.494 e. The maximum absolute atomic E-state index is 13.8. The molecule has 3 aromatic carbocycles. The summed E-state index contributed by atoms with van der Waals surface area (Å²) in [4.78, 5) is 95.1. The van der Waals surface area contributed by atoms with Crippen LogP contribution < -0.4 is 53.5 Å². The van der Waals surface area contributed by atoms with E-state index in [2.05, 4.69) is 47.4 Å². The normalized spacial score (nSPS) is 18.5. The number of ether oxygens (including phenoxy) is 1. The van der Waals surface area contributed by atoms with Gasteiger partial charge in [-0.25, -0.2) is 0 Å². The van der Waals surface area contributed by atoms with E-state index in [9.17, 15) is 51.6 Å². The first-order valence-corrected chi connectivity index (χ1v) is 22.5. The molecule has 4 atom stereocenters. The Morgan fingerprint density at radius 2 is 1.52 bits per heavy atom. The number of aliphatic imine (C=N–C) groups is 1. The van der Waals surface area contributed by atoms with Crippen molar-refractivity contribution in [2.24, 2.45) is 27.5 Å². The van der Waals surface area contributed by atoms with E-state index < -0.39 is 88.7 Å². The molecule has 360 valence electrons. The van der Waals surface area contributed by atoms with Crippen molar-refractivity contribution < 1.29 is 56.4 Å². The molecule has 0 radical (unpaired) electrons. The molecule has 0 aliphatic carbocycles. The van der Waals surface area contributed by atoms with E-state index in [4.69, 9.17) is 16.2 Å². The highest BCUT2D eigenvalue weighted by atomic mass is 32.2. The van der Waals surface area contributed by atoms with Crippen molar-refractivity contribution >= 4 is 69.4 Å². The molecule has 0 bridgehead atoms. The summed E-state index contributed by atoms with van der Waals surface area (Å²) in [6, 6.07) is 13.3. The van der Waals surface area contributed by atoms with Gasteiger partial charge in [-0.2, -0.15) is 13.5 Å². The first kappa shape index (κ1) is 52.0. The summed E-state index contributed by atoms with van der Waals surface area (Å²) in [6.45, 7) is 3.30. The Balaban J connectivity index is 1.36. The van der Waals surface area contributed by atoms with Crippen LogP contribution >= 0.6 is 0 Å². The summed E-state index contributed by atoms with van der Waals surface area (Å²) in [7, 11) is -4.44. The Hall–Kier alpha value is -7.60. The average Bonchev–Trinajstić information content (AvgIpc) is 3.27. The molecule has 24 heteroatoms. The molecule has 1 heterocycles. The maximum Gasteiger partial charge on any atom is 0.305 e. The molecule has 6 amide bonds.